The predicted molar refractivity (Wildman–Crippen MR) is 99.5 cm³/mol. The first-order valence-electron chi connectivity index (χ1n) is 7.84. The molecule has 0 radical (unpaired) electrons. The van der Waals surface area contributed by atoms with Crippen LogP contribution in [0.4, 0.5) is 0 Å². The molecule has 4 nitrogen and oxygen atoms in total. The maximum atomic E-state index is 9.33. The number of hydrogen-bond donors (Lipinski definition) is 2. The molecule has 6 heteroatoms. The monoisotopic (exact) mass is 428 g/mol. The molecule has 0 atom stereocenters. The van der Waals surface area contributed by atoms with E-state index in [-0.39, 0.29) is 24.6 Å². The van der Waals surface area contributed by atoms with Gasteiger partial charge in [-0.15, -0.1) is 0 Å². The van der Waals surface area contributed by atoms with Gasteiger partial charge in [-0.05, 0) is 53.0 Å². The molecule has 138 valence electrons. The Bertz CT molecular complexity index is 665. The summed E-state index contributed by atoms with van der Waals surface area (Å²) in [5.74, 6) is 1.37. The number of halogens is 2. The molecule has 2 aromatic rings. The molecule has 0 aliphatic rings. The molecule has 0 bridgehead atoms. The Hall–Kier alpha value is -1.27. The normalized spacial score (nSPS) is 10.9. The van der Waals surface area contributed by atoms with E-state index in [1.54, 1.807) is 7.11 Å². The smallest absolute Gasteiger partial charge is 0.175 e. The minimum Gasteiger partial charge on any atom is -1.00 e. The van der Waals surface area contributed by atoms with Crippen molar-refractivity contribution in [3.8, 4) is 11.5 Å². The van der Waals surface area contributed by atoms with Crippen LogP contribution >= 0.6 is 15.9 Å². The summed E-state index contributed by atoms with van der Waals surface area (Å²) in [6.07, 6.45) is 0. The lowest BCUT2D eigenvalue weighted by molar-refractivity contribution is -0.00000640. The summed E-state index contributed by atoms with van der Waals surface area (Å²) < 4.78 is 12.3. The molecule has 0 unspecified atom stereocenters. The number of rotatable bonds is 8. The van der Waals surface area contributed by atoms with Gasteiger partial charge in [-0.2, -0.15) is 0 Å². The molecule has 0 aliphatic heterocycles. The molecule has 2 rings (SSSR count). The molecular formula is C19H24BrClNO3-. The molecule has 0 heterocycles. The summed E-state index contributed by atoms with van der Waals surface area (Å²) in [5.41, 5.74) is 1.82. The topological polar surface area (TPSA) is 50.7 Å². The van der Waals surface area contributed by atoms with Gasteiger partial charge in [0.1, 0.15) is 6.61 Å². The van der Waals surface area contributed by atoms with E-state index < -0.39 is 0 Å². The SMILES string of the molecule is COc1cc(CNC(C)(C)CO)cc(Br)c1OCc1ccccc1.[Cl-]. The van der Waals surface area contributed by atoms with E-state index in [0.717, 1.165) is 15.6 Å². The number of methoxy groups -OCH3 is 1. The van der Waals surface area contributed by atoms with Crippen molar-refractivity contribution < 1.29 is 27.0 Å². The fraction of sp³-hybridized carbons (Fsp3) is 0.368. The van der Waals surface area contributed by atoms with Crippen LogP contribution in [0.15, 0.2) is 46.9 Å². The van der Waals surface area contributed by atoms with Crippen LogP contribution in [0.5, 0.6) is 11.5 Å². The molecule has 2 N–H and O–H groups in total. The Morgan fingerprint density at radius 2 is 1.80 bits per heavy atom. The van der Waals surface area contributed by atoms with Crippen molar-refractivity contribution in [1.82, 2.24) is 5.32 Å². The summed E-state index contributed by atoms with van der Waals surface area (Å²) in [6, 6.07) is 14.0. The molecule has 0 amide bonds. The summed E-state index contributed by atoms with van der Waals surface area (Å²) >= 11 is 3.57. The largest absolute Gasteiger partial charge is 1.00 e. The van der Waals surface area contributed by atoms with Gasteiger partial charge < -0.3 is 32.3 Å². The van der Waals surface area contributed by atoms with Crippen molar-refractivity contribution in [1.29, 1.82) is 0 Å². The molecule has 0 aromatic heterocycles. The minimum absolute atomic E-state index is 0. The Labute approximate surface area is 164 Å². The lowest BCUT2D eigenvalue weighted by Gasteiger charge is -2.24. The third-order valence-corrected chi connectivity index (χ3v) is 4.27. The van der Waals surface area contributed by atoms with Gasteiger partial charge in [0.25, 0.3) is 0 Å². The highest BCUT2D eigenvalue weighted by molar-refractivity contribution is 9.10. The number of ether oxygens (including phenoxy) is 2. The van der Waals surface area contributed by atoms with Crippen LogP contribution in [0.2, 0.25) is 0 Å². The highest BCUT2D eigenvalue weighted by Crippen LogP contribution is 2.37. The number of hydrogen-bond acceptors (Lipinski definition) is 4. The second-order valence-electron chi connectivity index (χ2n) is 6.28. The van der Waals surface area contributed by atoms with Gasteiger partial charge >= 0.3 is 0 Å². The molecule has 2 aromatic carbocycles. The van der Waals surface area contributed by atoms with Crippen LogP contribution < -0.4 is 27.2 Å². The van der Waals surface area contributed by atoms with E-state index in [9.17, 15) is 5.11 Å². The predicted octanol–water partition coefficient (Wildman–Crippen LogP) is 0.901. The van der Waals surface area contributed by atoms with Gasteiger partial charge in [-0.25, -0.2) is 0 Å². The highest BCUT2D eigenvalue weighted by atomic mass is 79.9. The van der Waals surface area contributed by atoms with Crippen molar-refractivity contribution in [2.45, 2.75) is 32.5 Å². The maximum absolute atomic E-state index is 9.33. The quantitative estimate of drug-likeness (QED) is 0.655. The van der Waals surface area contributed by atoms with Crippen molar-refractivity contribution in [3.63, 3.8) is 0 Å². The van der Waals surface area contributed by atoms with Crippen molar-refractivity contribution in [2.75, 3.05) is 13.7 Å². The van der Waals surface area contributed by atoms with Gasteiger partial charge in [-0.3, -0.25) is 0 Å². The lowest BCUT2D eigenvalue weighted by Crippen LogP contribution is -3.00. The summed E-state index contributed by atoms with van der Waals surface area (Å²) in [7, 11) is 1.63. The van der Waals surface area contributed by atoms with Crippen LogP contribution in [0.25, 0.3) is 0 Å². The fourth-order valence-corrected chi connectivity index (χ4v) is 2.75. The third kappa shape index (κ3) is 6.51. The molecule has 0 fully saturated rings. The highest BCUT2D eigenvalue weighted by Gasteiger charge is 2.17. The first-order chi connectivity index (χ1) is 11.4. The molecular weight excluding hydrogens is 406 g/mol. The number of nitrogens with one attached hydrogen (secondary N) is 1. The van der Waals surface area contributed by atoms with Crippen molar-refractivity contribution in [3.05, 3.63) is 58.1 Å². The average molecular weight is 430 g/mol. The van der Waals surface area contributed by atoms with E-state index in [1.807, 2.05) is 56.3 Å². The number of aliphatic hydroxyl groups is 1. The lowest BCUT2D eigenvalue weighted by atomic mass is 10.1. The van der Waals surface area contributed by atoms with Crippen molar-refractivity contribution in [2.24, 2.45) is 0 Å². The van der Waals surface area contributed by atoms with E-state index in [4.69, 9.17) is 9.47 Å². The van der Waals surface area contributed by atoms with Crippen LogP contribution in [-0.4, -0.2) is 24.4 Å². The summed E-state index contributed by atoms with van der Waals surface area (Å²) in [4.78, 5) is 0. The minimum atomic E-state index is -0.331. The zero-order valence-corrected chi connectivity index (χ0v) is 17.0. The van der Waals surface area contributed by atoms with Gasteiger partial charge in [0.05, 0.1) is 18.2 Å². The van der Waals surface area contributed by atoms with E-state index >= 15 is 0 Å². The molecule has 0 aliphatic carbocycles. The Kier molecular flexibility index (Phi) is 8.73. The van der Waals surface area contributed by atoms with Crippen LogP contribution in [-0.2, 0) is 13.2 Å². The van der Waals surface area contributed by atoms with Crippen LogP contribution in [0, 0.1) is 0 Å². The Balaban J connectivity index is 0.00000312. The third-order valence-electron chi connectivity index (χ3n) is 3.68. The molecule has 0 spiro atoms. The first kappa shape index (κ1) is 21.8. The Morgan fingerprint density at radius 3 is 2.40 bits per heavy atom. The molecule has 0 saturated carbocycles. The van der Waals surface area contributed by atoms with E-state index in [1.165, 1.54) is 0 Å². The van der Waals surface area contributed by atoms with E-state index in [2.05, 4.69) is 21.2 Å². The van der Waals surface area contributed by atoms with Crippen LogP contribution in [0.1, 0.15) is 25.0 Å². The Morgan fingerprint density at radius 1 is 1.12 bits per heavy atom. The summed E-state index contributed by atoms with van der Waals surface area (Å²) in [5, 5.41) is 12.6. The van der Waals surface area contributed by atoms with Gasteiger partial charge in [0.15, 0.2) is 11.5 Å². The van der Waals surface area contributed by atoms with Gasteiger partial charge in [0.2, 0.25) is 0 Å². The fourth-order valence-electron chi connectivity index (χ4n) is 2.14. The second kappa shape index (κ2) is 10.0. The average Bonchev–Trinajstić information content (AvgIpc) is 2.59. The molecule has 25 heavy (non-hydrogen) atoms. The van der Waals surface area contributed by atoms with Gasteiger partial charge in [0, 0.05) is 12.1 Å². The maximum Gasteiger partial charge on any atom is 0.175 e. The van der Waals surface area contributed by atoms with Gasteiger partial charge in [-0.1, -0.05) is 30.3 Å². The number of aliphatic hydroxyl groups excluding tert-OH is 1. The number of benzene rings is 2. The first-order valence-corrected chi connectivity index (χ1v) is 8.63. The zero-order chi connectivity index (χ0) is 17.6. The van der Waals surface area contributed by atoms with Crippen LogP contribution in [0.3, 0.4) is 0 Å². The van der Waals surface area contributed by atoms with Crippen molar-refractivity contribution >= 4 is 15.9 Å². The molecule has 0 saturated heterocycles. The second-order valence-corrected chi connectivity index (χ2v) is 7.13. The standard InChI is InChI=1S/C19H24BrNO3.ClH/c1-19(2,13-22)21-11-15-9-16(20)18(17(10-15)23-3)24-12-14-7-5-4-6-8-14;/h4-10,21-22H,11-13H2,1-3H3;1H/p-1. The van der Waals surface area contributed by atoms with E-state index in [0.29, 0.717) is 24.7 Å². The zero-order valence-electron chi connectivity index (χ0n) is 14.7. The summed E-state index contributed by atoms with van der Waals surface area (Å²) in [6.45, 7) is 5.09.